The number of fused-ring (bicyclic) bond motifs is 1. The van der Waals surface area contributed by atoms with Crippen molar-refractivity contribution < 1.29 is 28.7 Å². The Morgan fingerprint density at radius 3 is 2.26 bits per heavy atom. The number of hydrogen-bond donors (Lipinski definition) is 0. The van der Waals surface area contributed by atoms with Crippen LogP contribution in [0, 0.1) is 17.8 Å². The Hall–Kier alpha value is -3.65. The fraction of sp³-hybridized carbons (Fsp3) is 0.308. The maximum absolute atomic E-state index is 12.8. The molecule has 180 valence electrons. The van der Waals surface area contributed by atoms with Crippen molar-refractivity contribution in [2.75, 3.05) is 23.5 Å². The predicted octanol–water partition coefficient (Wildman–Crippen LogP) is 3.76. The van der Waals surface area contributed by atoms with Crippen LogP contribution in [-0.2, 0) is 19.2 Å². The summed E-state index contributed by atoms with van der Waals surface area (Å²) in [5.41, 5.74) is 0.949. The summed E-state index contributed by atoms with van der Waals surface area (Å²) in [5, 5.41) is 0.449. The third-order valence-electron chi connectivity index (χ3n) is 6.71. The first-order valence-electron chi connectivity index (χ1n) is 11.4. The number of allylic oxidation sites excluding steroid dienone is 2. The highest BCUT2D eigenvalue weighted by Gasteiger charge is 2.47. The number of halogens is 1. The lowest BCUT2D eigenvalue weighted by Gasteiger charge is -2.19. The molecule has 0 bridgehead atoms. The first-order valence-corrected chi connectivity index (χ1v) is 11.7. The Labute approximate surface area is 207 Å². The van der Waals surface area contributed by atoms with Gasteiger partial charge in [-0.15, -0.1) is 0 Å². The van der Waals surface area contributed by atoms with Gasteiger partial charge < -0.3 is 14.4 Å². The number of esters is 1. The van der Waals surface area contributed by atoms with Gasteiger partial charge >= 0.3 is 5.97 Å². The number of amides is 3. The lowest BCUT2D eigenvalue weighted by Crippen LogP contribution is -2.30. The van der Waals surface area contributed by atoms with E-state index in [2.05, 4.69) is 0 Å². The molecule has 9 heteroatoms. The molecule has 3 aliphatic rings. The number of nitrogens with zero attached hydrogens (tertiary/aromatic N) is 2. The average Bonchev–Trinajstić information content (AvgIpc) is 3.37. The molecule has 35 heavy (non-hydrogen) atoms. The standard InChI is InChI=1S/C26H23ClN2O6/c1-34-22-11-6-16(27)13-21(22)28-14-15(12-23(28)30)26(33)35-18-9-7-17(8-10-18)29-24(31)19-4-2-3-5-20(19)25(29)32/h2-3,6-11,13,15,19-20H,4-5,12,14H2,1H3/t15-,19-,20-/m1/s1. The van der Waals surface area contributed by atoms with Crippen LogP contribution in [0.3, 0.4) is 0 Å². The van der Waals surface area contributed by atoms with E-state index in [9.17, 15) is 19.2 Å². The summed E-state index contributed by atoms with van der Waals surface area (Å²) < 4.78 is 10.8. The molecule has 0 unspecified atom stereocenters. The molecule has 1 aliphatic carbocycles. The molecule has 2 aromatic rings. The van der Waals surface area contributed by atoms with E-state index < -0.39 is 11.9 Å². The third-order valence-corrected chi connectivity index (χ3v) is 6.95. The first kappa shape index (κ1) is 23.1. The van der Waals surface area contributed by atoms with Crippen molar-refractivity contribution in [1.82, 2.24) is 0 Å². The molecular formula is C26H23ClN2O6. The molecule has 0 aromatic heterocycles. The number of benzene rings is 2. The molecule has 0 N–H and O–H groups in total. The molecule has 2 aliphatic heterocycles. The molecule has 0 spiro atoms. The average molecular weight is 495 g/mol. The van der Waals surface area contributed by atoms with E-state index >= 15 is 0 Å². The molecule has 0 saturated carbocycles. The van der Waals surface area contributed by atoms with E-state index in [4.69, 9.17) is 21.1 Å². The summed E-state index contributed by atoms with van der Waals surface area (Å²) in [6.45, 7) is 0.139. The summed E-state index contributed by atoms with van der Waals surface area (Å²) in [5.74, 6) is -1.72. The molecular weight excluding hydrogens is 472 g/mol. The van der Waals surface area contributed by atoms with Crippen molar-refractivity contribution in [3.05, 3.63) is 59.6 Å². The van der Waals surface area contributed by atoms with Crippen molar-refractivity contribution >= 4 is 46.7 Å². The highest BCUT2D eigenvalue weighted by atomic mass is 35.5. The molecule has 3 atom stereocenters. The Morgan fingerprint density at radius 2 is 1.63 bits per heavy atom. The van der Waals surface area contributed by atoms with Gasteiger partial charge in [-0.25, -0.2) is 0 Å². The zero-order valence-corrected chi connectivity index (χ0v) is 19.7. The van der Waals surface area contributed by atoms with Crippen molar-refractivity contribution in [3.63, 3.8) is 0 Å². The van der Waals surface area contributed by atoms with Gasteiger partial charge in [0.2, 0.25) is 17.7 Å². The highest BCUT2D eigenvalue weighted by Crippen LogP contribution is 2.38. The smallest absolute Gasteiger partial charge is 0.316 e. The van der Waals surface area contributed by atoms with E-state index in [1.54, 1.807) is 42.5 Å². The summed E-state index contributed by atoms with van der Waals surface area (Å²) in [4.78, 5) is 53.6. The van der Waals surface area contributed by atoms with Crippen LogP contribution in [0.5, 0.6) is 11.5 Å². The highest BCUT2D eigenvalue weighted by molar-refractivity contribution is 6.31. The Bertz CT molecular complexity index is 1210. The first-order chi connectivity index (χ1) is 16.9. The Balaban J connectivity index is 1.26. The van der Waals surface area contributed by atoms with Gasteiger partial charge in [0.05, 0.1) is 36.2 Å². The molecule has 2 saturated heterocycles. The van der Waals surface area contributed by atoms with Crippen LogP contribution in [0.1, 0.15) is 19.3 Å². The van der Waals surface area contributed by atoms with Gasteiger partial charge in [0, 0.05) is 18.0 Å². The van der Waals surface area contributed by atoms with Crippen molar-refractivity contribution in [2.24, 2.45) is 17.8 Å². The van der Waals surface area contributed by atoms with Crippen molar-refractivity contribution in [3.8, 4) is 11.5 Å². The van der Waals surface area contributed by atoms with Gasteiger partial charge in [0.15, 0.2) is 0 Å². The van der Waals surface area contributed by atoms with Gasteiger partial charge in [-0.1, -0.05) is 23.8 Å². The number of rotatable bonds is 5. The van der Waals surface area contributed by atoms with Gasteiger partial charge in [0.25, 0.3) is 0 Å². The lowest BCUT2D eigenvalue weighted by atomic mass is 9.85. The normalized spacial score (nSPS) is 23.6. The van der Waals surface area contributed by atoms with Gasteiger partial charge in [-0.05, 0) is 55.3 Å². The van der Waals surface area contributed by atoms with Gasteiger partial charge in [0.1, 0.15) is 11.5 Å². The molecule has 2 aromatic carbocycles. The number of hydrogen-bond acceptors (Lipinski definition) is 6. The number of anilines is 2. The summed E-state index contributed by atoms with van der Waals surface area (Å²) in [7, 11) is 1.50. The molecule has 8 nitrogen and oxygen atoms in total. The van der Waals surface area contributed by atoms with Crippen molar-refractivity contribution in [2.45, 2.75) is 19.3 Å². The second-order valence-corrected chi connectivity index (χ2v) is 9.24. The van der Waals surface area contributed by atoms with E-state index in [0.29, 0.717) is 35.0 Å². The monoisotopic (exact) mass is 494 g/mol. The number of carbonyl (C=O) groups is 4. The fourth-order valence-corrected chi connectivity index (χ4v) is 5.06. The molecule has 3 amide bonds. The zero-order chi connectivity index (χ0) is 24.7. The van der Waals surface area contributed by atoms with E-state index in [0.717, 1.165) is 0 Å². The fourth-order valence-electron chi connectivity index (χ4n) is 4.89. The third kappa shape index (κ3) is 4.18. The molecule has 0 radical (unpaired) electrons. The van der Waals surface area contributed by atoms with Gasteiger partial charge in [-0.2, -0.15) is 0 Å². The topological polar surface area (TPSA) is 93.2 Å². The van der Waals surface area contributed by atoms with Crippen LogP contribution < -0.4 is 19.3 Å². The molecule has 2 heterocycles. The summed E-state index contributed by atoms with van der Waals surface area (Å²) >= 11 is 6.09. The van der Waals surface area contributed by atoms with Crippen LogP contribution in [0.2, 0.25) is 5.02 Å². The summed E-state index contributed by atoms with van der Waals surface area (Å²) in [6, 6.07) is 11.2. The SMILES string of the molecule is COc1ccc(Cl)cc1N1C[C@H](C(=O)Oc2ccc(N3C(=O)[C@@H]4CC=CC[C@H]4C3=O)cc2)CC1=O. The Kier molecular flexibility index (Phi) is 6.06. The second-order valence-electron chi connectivity index (χ2n) is 8.80. The number of ether oxygens (including phenoxy) is 2. The minimum absolute atomic E-state index is 0.000177. The van der Waals surface area contributed by atoms with Crippen LogP contribution in [-0.4, -0.2) is 37.3 Å². The summed E-state index contributed by atoms with van der Waals surface area (Å²) in [6.07, 6.45) is 5.02. The number of methoxy groups -OCH3 is 1. The second kappa shape index (κ2) is 9.19. The maximum atomic E-state index is 12.8. The van der Waals surface area contributed by atoms with Gasteiger partial charge in [-0.3, -0.25) is 24.1 Å². The largest absolute Gasteiger partial charge is 0.495 e. The minimum atomic E-state index is -0.664. The maximum Gasteiger partial charge on any atom is 0.316 e. The van der Waals surface area contributed by atoms with Crippen LogP contribution in [0.25, 0.3) is 0 Å². The Morgan fingerprint density at radius 1 is 0.971 bits per heavy atom. The van der Waals surface area contributed by atoms with Crippen LogP contribution in [0.15, 0.2) is 54.6 Å². The molecule has 2 fully saturated rings. The quantitative estimate of drug-likeness (QED) is 0.272. The minimum Gasteiger partial charge on any atom is -0.495 e. The van der Waals surface area contributed by atoms with E-state index in [-0.39, 0.29) is 48.3 Å². The molecule has 5 rings (SSSR count). The van der Waals surface area contributed by atoms with Crippen LogP contribution in [0.4, 0.5) is 11.4 Å². The lowest BCUT2D eigenvalue weighted by molar-refractivity contribution is -0.139. The van der Waals surface area contributed by atoms with Crippen molar-refractivity contribution in [1.29, 1.82) is 0 Å². The van der Waals surface area contributed by atoms with Crippen LogP contribution >= 0.6 is 11.6 Å². The number of carbonyl (C=O) groups excluding carboxylic acids is 4. The van der Waals surface area contributed by atoms with E-state index in [1.807, 2.05) is 12.2 Å². The van der Waals surface area contributed by atoms with E-state index in [1.165, 1.54) is 16.9 Å². The number of imide groups is 1. The predicted molar refractivity (Wildman–Crippen MR) is 128 cm³/mol. The zero-order valence-electron chi connectivity index (χ0n) is 19.0.